The Morgan fingerprint density at radius 2 is 1.80 bits per heavy atom. The number of carbonyl (C=O) groups is 1. The van der Waals surface area contributed by atoms with E-state index in [0.717, 1.165) is 17.7 Å². The van der Waals surface area contributed by atoms with Crippen molar-refractivity contribution < 1.29 is 22.9 Å². The third-order valence-electron chi connectivity index (χ3n) is 5.36. The highest BCUT2D eigenvalue weighted by Gasteiger charge is 2.35. The first-order chi connectivity index (χ1) is 14.2. The predicted octanol–water partition coefficient (Wildman–Crippen LogP) is 4.71. The number of nitro groups is 1. The molecule has 1 aliphatic heterocycles. The molecule has 1 saturated heterocycles. The SMILES string of the molecule is C[C@@H](NC(=O)C1CCN(c2ccc(C(F)(F)F)cc2[N+](=O)[O-])CC1)c1ccccc1. The van der Waals surface area contributed by atoms with E-state index in [-0.39, 0.29) is 23.6 Å². The molecule has 1 atom stereocenters. The molecule has 0 spiro atoms. The molecule has 160 valence electrons. The summed E-state index contributed by atoms with van der Waals surface area (Å²) >= 11 is 0. The van der Waals surface area contributed by atoms with E-state index in [1.807, 2.05) is 37.3 Å². The molecular weight excluding hydrogens is 399 g/mol. The van der Waals surface area contributed by atoms with Crippen molar-refractivity contribution in [2.24, 2.45) is 5.92 Å². The molecule has 2 aromatic carbocycles. The summed E-state index contributed by atoms with van der Waals surface area (Å²) in [6.07, 6.45) is -3.72. The Kier molecular flexibility index (Phi) is 6.28. The molecule has 0 saturated carbocycles. The van der Waals surface area contributed by atoms with Gasteiger partial charge in [-0.05, 0) is 37.5 Å². The van der Waals surface area contributed by atoms with Crippen LogP contribution >= 0.6 is 0 Å². The van der Waals surface area contributed by atoms with Crippen LogP contribution in [0, 0.1) is 16.0 Å². The highest BCUT2D eigenvalue weighted by atomic mass is 19.4. The first kappa shape index (κ1) is 21.6. The molecule has 1 fully saturated rings. The van der Waals surface area contributed by atoms with Crippen molar-refractivity contribution in [1.29, 1.82) is 0 Å². The lowest BCUT2D eigenvalue weighted by Gasteiger charge is -2.33. The Hall–Kier alpha value is -3.10. The lowest BCUT2D eigenvalue weighted by molar-refractivity contribution is -0.384. The molecule has 1 N–H and O–H groups in total. The van der Waals surface area contributed by atoms with Crippen molar-refractivity contribution in [3.63, 3.8) is 0 Å². The van der Waals surface area contributed by atoms with Crippen molar-refractivity contribution in [1.82, 2.24) is 5.32 Å². The minimum atomic E-state index is -4.65. The topological polar surface area (TPSA) is 75.5 Å². The van der Waals surface area contributed by atoms with Crippen LogP contribution in [0.3, 0.4) is 0 Å². The van der Waals surface area contributed by atoms with Gasteiger partial charge in [-0.2, -0.15) is 13.2 Å². The van der Waals surface area contributed by atoms with Crippen LogP contribution in [0.1, 0.15) is 36.9 Å². The second-order valence-electron chi connectivity index (χ2n) is 7.36. The molecule has 30 heavy (non-hydrogen) atoms. The first-order valence-corrected chi connectivity index (χ1v) is 9.62. The molecule has 1 aliphatic rings. The van der Waals surface area contributed by atoms with Crippen LogP contribution in [0.2, 0.25) is 0 Å². The number of halogens is 3. The van der Waals surface area contributed by atoms with Crippen molar-refractivity contribution in [3.05, 3.63) is 69.8 Å². The quantitative estimate of drug-likeness (QED) is 0.561. The number of alkyl halides is 3. The second-order valence-corrected chi connectivity index (χ2v) is 7.36. The normalized spacial score (nSPS) is 16.2. The number of nitro benzene ring substituents is 1. The van der Waals surface area contributed by atoms with Crippen LogP contribution < -0.4 is 10.2 Å². The molecule has 9 heteroatoms. The van der Waals surface area contributed by atoms with E-state index in [1.165, 1.54) is 0 Å². The van der Waals surface area contributed by atoms with E-state index in [1.54, 1.807) is 4.90 Å². The van der Waals surface area contributed by atoms with E-state index < -0.39 is 22.4 Å². The van der Waals surface area contributed by atoms with Gasteiger partial charge in [-0.1, -0.05) is 30.3 Å². The molecule has 1 heterocycles. The van der Waals surface area contributed by atoms with Gasteiger partial charge in [0.2, 0.25) is 5.91 Å². The lowest BCUT2D eigenvalue weighted by atomic mass is 9.94. The van der Waals surface area contributed by atoms with E-state index in [0.29, 0.717) is 32.0 Å². The van der Waals surface area contributed by atoms with E-state index >= 15 is 0 Å². The fourth-order valence-electron chi connectivity index (χ4n) is 3.65. The molecule has 0 unspecified atom stereocenters. The minimum Gasteiger partial charge on any atom is -0.366 e. The number of nitrogens with one attached hydrogen (secondary N) is 1. The zero-order valence-electron chi connectivity index (χ0n) is 16.4. The Balaban J connectivity index is 1.65. The van der Waals surface area contributed by atoms with Crippen LogP contribution in [-0.2, 0) is 11.0 Å². The van der Waals surface area contributed by atoms with Gasteiger partial charge in [-0.25, -0.2) is 0 Å². The van der Waals surface area contributed by atoms with Crippen LogP contribution in [0.4, 0.5) is 24.5 Å². The first-order valence-electron chi connectivity index (χ1n) is 9.62. The van der Waals surface area contributed by atoms with Gasteiger partial charge in [0, 0.05) is 25.1 Å². The number of carbonyl (C=O) groups excluding carboxylic acids is 1. The summed E-state index contributed by atoms with van der Waals surface area (Å²) in [7, 11) is 0. The van der Waals surface area contributed by atoms with Gasteiger partial charge in [0.25, 0.3) is 5.69 Å². The molecule has 1 amide bonds. The van der Waals surface area contributed by atoms with E-state index in [4.69, 9.17) is 0 Å². The van der Waals surface area contributed by atoms with Gasteiger partial charge in [-0.15, -0.1) is 0 Å². The van der Waals surface area contributed by atoms with Gasteiger partial charge in [-0.3, -0.25) is 14.9 Å². The highest BCUT2D eigenvalue weighted by molar-refractivity contribution is 5.79. The number of hydrogen-bond acceptors (Lipinski definition) is 4. The van der Waals surface area contributed by atoms with Gasteiger partial charge in [0.05, 0.1) is 16.5 Å². The van der Waals surface area contributed by atoms with Crippen molar-refractivity contribution >= 4 is 17.3 Å². The van der Waals surface area contributed by atoms with Crippen molar-refractivity contribution in [2.75, 3.05) is 18.0 Å². The summed E-state index contributed by atoms with van der Waals surface area (Å²) in [5, 5.41) is 14.3. The smallest absolute Gasteiger partial charge is 0.366 e. The number of nitrogens with zero attached hydrogens (tertiary/aromatic N) is 2. The largest absolute Gasteiger partial charge is 0.416 e. The average Bonchev–Trinajstić information content (AvgIpc) is 2.73. The summed E-state index contributed by atoms with van der Waals surface area (Å²) in [6.45, 7) is 2.60. The summed E-state index contributed by atoms with van der Waals surface area (Å²) in [5.74, 6) is -0.339. The molecule has 2 aromatic rings. The fourth-order valence-corrected chi connectivity index (χ4v) is 3.65. The minimum absolute atomic E-state index is 0.0899. The Labute approximate surface area is 171 Å². The predicted molar refractivity (Wildman–Crippen MR) is 106 cm³/mol. The number of rotatable bonds is 5. The molecule has 0 radical (unpaired) electrons. The zero-order valence-corrected chi connectivity index (χ0v) is 16.4. The number of benzene rings is 2. The molecule has 0 aliphatic carbocycles. The van der Waals surface area contributed by atoms with E-state index in [2.05, 4.69) is 5.32 Å². The number of piperidine rings is 1. The Morgan fingerprint density at radius 1 is 1.17 bits per heavy atom. The Bertz CT molecular complexity index is 911. The zero-order chi connectivity index (χ0) is 21.9. The monoisotopic (exact) mass is 421 g/mol. The third kappa shape index (κ3) is 4.90. The number of amides is 1. The summed E-state index contributed by atoms with van der Waals surface area (Å²) in [4.78, 5) is 24.8. The van der Waals surface area contributed by atoms with Crippen molar-refractivity contribution in [3.8, 4) is 0 Å². The van der Waals surface area contributed by atoms with Gasteiger partial charge < -0.3 is 10.2 Å². The van der Waals surface area contributed by atoms with E-state index in [9.17, 15) is 28.1 Å². The molecule has 6 nitrogen and oxygen atoms in total. The number of hydrogen-bond donors (Lipinski definition) is 1. The second kappa shape index (κ2) is 8.73. The summed E-state index contributed by atoms with van der Waals surface area (Å²) < 4.78 is 38.7. The van der Waals surface area contributed by atoms with Gasteiger partial charge >= 0.3 is 6.18 Å². The van der Waals surface area contributed by atoms with Gasteiger partial charge in [0.1, 0.15) is 5.69 Å². The van der Waals surface area contributed by atoms with Crippen LogP contribution in [0.15, 0.2) is 48.5 Å². The van der Waals surface area contributed by atoms with Gasteiger partial charge in [0.15, 0.2) is 0 Å². The fraction of sp³-hybridized carbons (Fsp3) is 0.381. The van der Waals surface area contributed by atoms with Crippen LogP contribution in [0.25, 0.3) is 0 Å². The summed E-state index contributed by atoms with van der Waals surface area (Å²) in [5.41, 5.74) is -0.499. The molecule has 3 rings (SSSR count). The van der Waals surface area contributed by atoms with Crippen LogP contribution in [-0.4, -0.2) is 23.9 Å². The molecular formula is C21H22F3N3O3. The third-order valence-corrected chi connectivity index (χ3v) is 5.36. The number of anilines is 1. The molecule has 0 aromatic heterocycles. The maximum Gasteiger partial charge on any atom is 0.416 e. The Morgan fingerprint density at radius 3 is 2.37 bits per heavy atom. The molecule has 0 bridgehead atoms. The maximum atomic E-state index is 12.9. The summed E-state index contributed by atoms with van der Waals surface area (Å²) in [6, 6.07) is 12.0. The standard InChI is InChI=1S/C21H22F3N3O3/c1-14(15-5-3-2-4-6-15)25-20(28)16-9-11-26(12-10-16)18-8-7-17(21(22,23)24)13-19(18)27(29)30/h2-8,13-14,16H,9-12H2,1H3,(H,25,28)/t14-/m1/s1. The van der Waals surface area contributed by atoms with Crippen molar-refractivity contribution in [2.45, 2.75) is 32.0 Å². The highest BCUT2D eigenvalue weighted by Crippen LogP contribution is 2.37. The average molecular weight is 421 g/mol. The maximum absolute atomic E-state index is 12.9. The lowest BCUT2D eigenvalue weighted by Crippen LogP contribution is -2.41. The van der Waals surface area contributed by atoms with Crippen LogP contribution in [0.5, 0.6) is 0 Å².